The Balaban J connectivity index is 1.32. The van der Waals surface area contributed by atoms with E-state index < -0.39 is 0 Å². The molecule has 5 rings (SSSR count). The Hall–Kier alpha value is -3.25. The van der Waals surface area contributed by atoms with Crippen molar-refractivity contribution in [2.75, 3.05) is 0 Å². The van der Waals surface area contributed by atoms with Gasteiger partial charge in [0.2, 0.25) is 0 Å². The zero-order valence-corrected chi connectivity index (χ0v) is 16.7. The lowest BCUT2D eigenvalue weighted by Gasteiger charge is -2.15. The van der Waals surface area contributed by atoms with Gasteiger partial charge in [-0.05, 0) is 46.7 Å². The average Bonchev–Trinajstić information content (AvgIpc) is 3.43. The van der Waals surface area contributed by atoms with Crippen LogP contribution < -0.4 is 5.32 Å². The Labute approximate surface area is 173 Å². The molecule has 1 amide bonds. The lowest BCUT2D eigenvalue weighted by atomic mass is 9.91. The zero-order valence-electron chi connectivity index (χ0n) is 15.8. The van der Waals surface area contributed by atoms with Crippen molar-refractivity contribution in [2.24, 2.45) is 0 Å². The highest BCUT2D eigenvalue weighted by atomic mass is 32.1. The summed E-state index contributed by atoms with van der Waals surface area (Å²) in [5, 5.41) is 7.27. The van der Waals surface area contributed by atoms with Gasteiger partial charge in [-0.3, -0.25) is 4.79 Å². The molecule has 2 heterocycles. The molecule has 0 saturated heterocycles. The van der Waals surface area contributed by atoms with E-state index in [1.54, 1.807) is 22.3 Å². The van der Waals surface area contributed by atoms with Gasteiger partial charge in [-0.1, -0.05) is 48.5 Å². The second-order valence-electron chi connectivity index (χ2n) is 7.17. The maximum absolute atomic E-state index is 12.8. The topological polar surface area (TPSA) is 59.8 Å². The molecule has 29 heavy (non-hydrogen) atoms. The van der Waals surface area contributed by atoms with Gasteiger partial charge >= 0.3 is 0 Å². The molecule has 0 unspecified atom stereocenters. The maximum atomic E-state index is 12.8. The molecule has 0 saturated carbocycles. The van der Waals surface area contributed by atoms with Crippen molar-refractivity contribution in [1.82, 2.24) is 20.1 Å². The Morgan fingerprint density at radius 3 is 2.69 bits per heavy atom. The Morgan fingerprint density at radius 1 is 1.03 bits per heavy atom. The number of nitrogens with one attached hydrogen (secondary N) is 1. The number of hydrogen-bond donors (Lipinski definition) is 1. The molecule has 0 fully saturated rings. The molecule has 144 valence electrons. The van der Waals surface area contributed by atoms with E-state index in [1.165, 1.54) is 27.9 Å². The first kappa shape index (κ1) is 17.8. The predicted molar refractivity (Wildman–Crippen MR) is 114 cm³/mol. The highest BCUT2D eigenvalue weighted by molar-refractivity contribution is 7.17. The van der Waals surface area contributed by atoms with Crippen molar-refractivity contribution in [3.8, 4) is 10.4 Å². The van der Waals surface area contributed by atoms with Crippen molar-refractivity contribution < 1.29 is 4.79 Å². The second kappa shape index (κ2) is 7.64. The lowest BCUT2D eigenvalue weighted by molar-refractivity contribution is 0.0955. The van der Waals surface area contributed by atoms with Crippen LogP contribution in [0.1, 0.15) is 31.9 Å². The van der Waals surface area contributed by atoms with Gasteiger partial charge in [-0.25, -0.2) is 9.67 Å². The van der Waals surface area contributed by atoms with Crippen LogP contribution in [0.2, 0.25) is 0 Å². The van der Waals surface area contributed by atoms with Gasteiger partial charge in [0.25, 0.3) is 5.91 Å². The monoisotopic (exact) mass is 400 g/mol. The van der Waals surface area contributed by atoms with E-state index in [0.29, 0.717) is 13.1 Å². The first-order valence-corrected chi connectivity index (χ1v) is 10.5. The number of carbonyl (C=O) groups is 1. The van der Waals surface area contributed by atoms with Gasteiger partial charge in [-0.2, -0.15) is 5.10 Å². The number of thiophene rings is 1. The molecule has 0 aliphatic heterocycles. The molecule has 5 nitrogen and oxygen atoms in total. The first-order valence-electron chi connectivity index (χ1n) is 9.66. The third kappa shape index (κ3) is 3.59. The van der Waals surface area contributed by atoms with Crippen LogP contribution in [0.3, 0.4) is 0 Å². The van der Waals surface area contributed by atoms with Crippen molar-refractivity contribution in [1.29, 1.82) is 0 Å². The lowest BCUT2D eigenvalue weighted by Crippen LogP contribution is -2.22. The predicted octanol–water partition coefficient (Wildman–Crippen LogP) is 4.08. The molecule has 0 atom stereocenters. The van der Waals surface area contributed by atoms with Crippen LogP contribution in [-0.4, -0.2) is 20.7 Å². The third-order valence-electron chi connectivity index (χ3n) is 5.32. The number of benzene rings is 2. The van der Waals surface area contributed by atoms with Crippen molar-refractivity contribution >= 4 is 17.2 Å². The van der Waals surface area contributed by atoms with Gasteiger partial charge < -0.3 is 5.32 Å². The minimum Gasteiger partial charge on any atom is -0.347 e. The summed E-state index contributed by atoms with van der Waals surface area (Å²) in [6.07, 6.45) is 5.26. The summed E-state index contributed by atoms with van der Waals surface area (Å²) in [6.45, 7) is 1.12. The molecule has 0 bridgehead atoms. The molecule has 2 aromatic carbocycles. The van der Waals surface area contributed by atoms with E-state index in [0.717, 1.165) is 28.8 Å². The normalized spacial score (nSPS) is 12.3. The standard InChI is InChI=1S/C23H20N4OS/c28-23(21-11-17-10-9-16-5-3-4-8-20(16)22(17)29-21)25-12-18-6-1-2-7-19(18)13-27-15-24-14-26-27/h1-8,11,14-15H,9-10,12-13H2,(H,25,28). The highest BCUT2D eigenvalue weighted by Gasteiger charge is 2.21. The van der Waals surface area contributed by atoms with E-state index >= 15 is 0 Å². The Kier molecular flexibility index (Phi) is 4.69. The van der Waals surface area contributed by atoms with Crippen molar-refractivity contribution in [3.05, 3.63) is 94.4 Å². The minimum absolute atomic E-state index is 0.0163. The summed E-state index contributed by atoms with van der Waals surface area (Å²) in [5.41, 5.74) is 6.14. The molecular formula is C23H20N4OS. The summed E-state index contributed by atoms with van der Waals surface area (Å²) >= 11 is 1.59. The third-order valence-corrected chi connectivity index (χ3v) is 6.52. The maximum Gasteiger partial charge on any atom is 0.261 e. The number of rotatable bonds is 5. The smallest absolute Gasteiger partial charge is 0.261 e. The summed E-state index contributed by atoms with van der Waals surface area (Å²) in [6, 6.07) is 18.7. The summed E-state index contributed by atoms with van der Waals surface area (Å²) in [7, 11) is 0. The van der Waals surface area contributed by atoms with Crippen molar-refractivity contribution in [2.45, 2.75) is 25.9 Å². The quantitative estimate of drug-likeness (QED) is 0.549. The van der Waals surface area contributed by atoms with Gasteiger partial charge in [0.15, 0.2) is 0 Å². The van der Waals surface area contributed by atoms with Gasteiger partial charge in [0.1, 0.15) is 12.7 Å². The Morgan fingerprint density at radius 2 is 1.83 bits per heavy atom. The molecule has 2 aromatic heterocycles. The largest absolute Gasteiger partial charge is 0.347 e. The molecule has 4 aromatic rings. The number of aryl methyl sites for hydroxylation is 2. The van der Waals surface area contributed by atoms with E-state index in [1.807, 2.05) is 18.2 Å². The summed E-state index contributed by atoms with van der Waals surface area (Å²) in [5.74, 6) is -0.0163. The van der Waals surface area contributed by atoms with Crippen LogP contribution in [-0.2, 0) is 25.9 Å². The van der Waals surface area contributed by atoms with Crippen LogP contribution in [0.25, 0.3) is 10.4 Å². The molecule has 0 radical (unpaired) electrons. The van der Waals surface area contributed by atoms with Gasteiger partial charge in [0, 0.05) is 11.4 Å². The molecule has 1 aliphatic rings. The van der Waals surface area contributed by atoms with Gasteiger partial charge in [0.05, 0.1) is 11.4 Å². The van der Waals surface area contributed by atoms with Crippen LogP contribution in [0, 0.1) is 0 Å². The number of fused-ring (bicyclic) bond motifs is 3. The first-order chi connectivity index (χ1) is 14.3. The SMILES string of the molecule is O=C(NCc1ccccc1Cn1cncn1)c1cc2c(s1)-c1ccccc1CC2. The van der Waals surface area contributed by atoms with Crippen molar-refractivity contribution in [3.63, 3.8) is 0 Å². The van der Waals surface area contributed by atoms with E-state index in [-0.39, 0.29) is 5.91 Å². The van der Waals surface area contributed by atoms with Crippen LogP contribution >= 0.6 is 11.3 Å². The number of nitrogens with zero attached hydrogens (tertiary/aromatic N) is 3. The number of hydrogen-bond acceptors (Lipinski definition) is 4. The minimum atomic E-state index is -0.0163. The molecule has 1 aliphatic carbocycles. The van der Waals surface area contributed by atoms with Crippen LogP contribution in [0.5, 0.6) is 0 Å². The number of aromatic nitrogens is 3. The fraction of sp³-hybridized carbons (Fsp3) is 0.174. The number of amides is 1. The fourth-order valence-electron chi connectivity index (χ4n) is 3.82. The Bertz CT molecular complexity index is 1160. The fourth-order valence-corrected chi connectivity index (χ4v) is 5.01. The van der Waals surface area contributed by atoms with Crippen LogP contribution in [0.4, 0.5) is 0 Å². The summed E-state index contributed by atoms with van der Waals surface area (Å²) < 4.78 is 1.78. The highest BCUT2D eigenvalue weighted by Crippen LogP contribution is 2.39. The average molecular weight is 401 g/mol. The van der Waals surface area contributed by atoms with Crippen LogP contribution in [0.15, 0.2) is 67.3 Å². The van der Waals surface area contributed by atoms with Gasteiger partial charge in [-0.15, -0.1) is 11.3 Å². The van der Waals surface area contributed by atoms with E-state index in [4.69, 9.17) is 0 Å². The zero-order chi connectivity index (χ0) is 19.6. The van der Waals surface area contributed by atoms with E-state index in [9.17, 15) is 4.79 Å². The number of carbonyl (C=O) groups excluding carboxylic acids is 1. The summed E-state index contributed by atoms with van der Waals surface area (Å²) in [4.78, 5) is 18.9. The molecule has 1 N–H and O–H groups in total. The molecule has 6 heteroatoms. The molecule has 0 spiro atoms. The second-order valence-corrected chi connectivity index (χ2v) is 8.22. The molecular weight excluding hydrogens is 380 g/mol. The van der Waals surface area contributed by atoms with E-state index in [2.05, 4.69) is 51.8 Å².